The number of nitrogens with one attached hydrogen (secondary N) is 1. The molecule has 0 radical (unpaired) electrons. The fraction of sp³-hybridized carbons (Fsp3) is 0.120. The molecule has 6 nitrogen and oxygen atoms in total. The number of pyridine rings is 1. The Morgan fingerprint density at radius 3 is 2.72 bits per heavy atom. The van der Waals surface area contributed by atoms with E-state index in [1.54, 1.807) is 49.5 Å². The van der Waals surface area contributed by atoms with Crippen molar-refractivity contribution in [3.8, 4) is 11.5 Å². The van der Waals surface area contributed by atoms with E-state index < -0.39 is 0 Å². The number of carbonyl (C=O) groups excluding carboxylic acids is 1. The van der Waals surface area contributed by atoms with Gasteiger partial charge in [-0.05, 0) is 36.4 Å². The Balaban J connectivity index is 1.43. The molecule has 0 atom stereocenters. The lowest BCUT2D eigenvalue weighted by Crippen LogP contribution is -2.13. The third-order valence-corrected chi connectivity index (χ3v) is 5.69. The molecule has 0 bridgehead atoms. The van der Waals surface area contributed by atoms with Crippen molar-refractivity contribution in [3.63, 3.8) is 0 Å². The molecule has 0 aliphatic carbocycles. The van der Waals surface area contributed by atoms with Crippen molar-refractivity contribution in [1.29, 1.82) is 0 Å². The fourth-order valence-corrected chi connectivity index (χ4v) is 3.93. The number of aromatic nitrogens is 1. The average Bonchev–Trinajstić information content (AvgIpc) is 3.32. The van der Waals surface area contributed by atoms with Crippen LogP contribution < -0.4 is 14.8 Å². The van der Waals surface area contributed by atoms with Crippen LogP contribution in [0.3, 0.4) is 0 Å². The van der Waals surface area contributed by atoms with Crippen LogP contribution in [0.25, 0.3) is 0 Å². The smallest absolute Gasteiger partial charge is 0.291 e. The van der Waals surface area contributed by atoms with Crippen LogP contribution in [0.1, 0.15) is 21.7 Å². The number of carbonyl (C=O) groups is 1. The van der Waals surface area contributed by atoms with Crippen LogP contribution in [0.2, 0.25) is 0 Å². The molecule has 2 aromatic carbocycles. The number of rotatable bonds is 9. The van der Waals surface area contributed by atoms with Crippen molar-refractivity contribution in [2.24, 2.45) is 0 Å². The zero-order chi connectivity index (χ0) is 22.2. The summed E-state index contributed by atoms with van der Waals surface area (Å²) < 4.78 is 16.8. The van der Waals surface area contributed by atoms with Crippen LogP contribution in [0, 0.1) is 0 Å². The lowest BCUT2D eigenvalue weighted by Gasteiger charge is -2.13. The van der Waals surface area contributed by atoms with Crippen molar-refractivity contribution >= 4 is 23.4 Å². The minimum Gasteiger partial charge on any atom is -0.493 e. The average molecular weight is 447 g/mol. The first-order chi connectivity index (χ1) is 15.7. The number of furan rings is 1. The number of anilines is 1. The molecule has 4 rings (SSSR count). The fourth-order valence-electron chi connectivity index (χ4n) is 3.03. The highest BCUT2D eigenvalue weighted by molar-refractivity contribution is 7.98. The molecular weight excluding hydrogens is 424 g/mol. The Morgan fingerprint density at radius 1 is 1.06 bits per heavy atom. The number of hydrogen-bond acceptors (Lipinski definition) is 6. The number of thioether (sulfide) groups is 1. The zero-order valence-electron chi connectivity index (χ0n) is 17.5. The van der Waals surface area contributed by atoms with E-state index in [4.69, 9.17) is 13.9 Å². The highest BCUT2D eigenvalue weighted by Gasteiger charge is 2.17. The van der Waals surface area contributed by atoms with Crippen LogP contribution >= 0.6 is 11.8 Å². The third-order valence-electron chi connectivity index (χ3n) is 4.63. The minimum atomic E-state index is -0.318. The van der Waals surface area contributed by atoms with Gasteiger partial charge in [0.2, 0.25) is 0 Å². The van der Waals surface area contributed by atoms with Gasteiger partial charge >= 0.3 is 0 Å². The van der Waals surface area contributed by atoms with E-state index in [0.717, 1.165) is 16.0 Å². The quantitative estimate of drug-likeness (QED) is 0.327. The van der Waals surface area contributed by atoms with Crippen LogP contribution in [-0.4, -0.2) is 18.0 Å². The molecule has 1 N–H and O–H groups in total. The van der Waals surface area contributed by atoms with Crippen molar-refractivity contribution in [1.82, 2.24) is 4.98 Å². The van der Waals surface area contributed by atoms with Crippen molar-refractivity contribution in [2.75, 3.05) is 12.4 Å². The summed E-state index contributed by atoms with van der Waals surface area (Å²) in [6.45, 7) is 0.334. The number of ether oxygens (including phenoxy) is 2. The summed E-state index contributed by atoms with van der Waals surface area (Å²) >= 11 is 1.65. The molecule has 0 aliphatic heterocycles. The Bertz CT molecular complexity index is 1160. The third kappa shape index (κ3) is 5.50. The molecule has 4 aromatic rings. The van der Waals surface area contributed by atoms with Gasteiger partial charge in [0.25, 0.3) is 5.91 Å². The lowest BCUT2D eigenvalue weighted by atomic mass is 10.2. The van der Waals surface area contributed by atoms with E-state index in [9.17, 15) is 4.79 Å². The van der Waals surface area contributed by atoms with Crippen molar-refractivity contribution in [2.45, 2.75) is 17.3 Å². The maximum absolute atomic E-state index is 12.9. The van der Waals surface area contributed by atoms with Gasteiger partial charge in [0.05, 0.1) is 13.4 Å². The largest absolute Gasteiger partial charge is 0.493 e. The monoisotopic (exact) mass is 446 g/mol. The van der Waals surface area contributed by atoms with E-state index in [0.29, 0.717) is 35.3 Å². The van der Waals surface area contributed by atoms with Gasteiger partial charge in [-0.3, -0.25) is 9.78 Å². The van der Waals surface area contributed by atoms with Gasteiger partial charge < -0.3 is 19.2 Å². The second-order valence-electron chi connectivity index (χ2n) is 6.85. The maximum atomic E-state index is 12.9. The molecule has 0 saturated carbocycles. The number of benzene rings is 2. The summed E-state index contributed by atoms with van der Waals surface area (Å²) in [6, 6.07) is 20.9. The molecule has 0 unspecified atom stereocenters. The Kier molecular flexibility index (Phi) is 7.09. The number of amides is 1. The van der Waals surface area contributed by atoms with Crippen LogP contribution in [0.15, 0.2) is 94.7 Å². The van der Waals surface area contributed by atoms with Gasteiger partial charge in [-0.2, -0.15) is 0 Å². The predicted octanol–water partition coefficient (Wildman–Crippen LogP) is 5.81. The highest BCUT2D eigenvalue weighted by Crippen LogP contribution is 2.31. The lowest BCUT2D eigenvalue weighted by molar-refractivity contribution is 0.0995. The van der Waals surface area contributed by atoms with Crippen LogP contribution in [-0.2, 0) is 12.4 Å². The van der Waals surface area contributed by atoms with Gasteiger partial charge in [0, 0.05) is 45.9 Å². The van der Waals surface area contributed by atoms with Gasteiger partial charge in [0.1, 0.15) is 6.61 Å². The molecule has 0 saturated heterocycles. The van der Waals surface area contributed by atoms with E-state index in [2.05, 4.69) is 10.3 Å². The predicted molar refractivity (Wildman–Crippen MR) is 124 cm³/mol. The molecule has 32 heavy (non-hydrogen) atoms. The second kappa shape index (κ2) is 10.5. The topological polar surface area (TPSA) is 73.6 Å². The van der Waals surface area contributed by atoms with Crippen LogP contribution in [0.5, 0.6) is 11.5 Å². The molecule has 0 spiro atoms. The van der Waals surface area contributed by atoms with Gasteiger partial charge in [0.15, 0.2) is 17.3 Å². The van der Waals surface area contributed by atoms with Gasteiger partial charge in [-0.1, -0.05) is 24.3 Å². The molecule has 2 heterocycles. The number of nitrogens with zero attached hydrogens (tertiary/aromatic N) is 1. The first-order valence-corrected chi connectivity index (χ1v) is 11.0. The first kappa shape index (κ1) is 21.5. The summed E-state index contributed by atoms with van der Waals surface area (Å²) in [5, 5.41) is 2.88. The number of hydrogen-bond donors (Lipinski definition) is 1. The molecule has 0 aliphatic rings. The summed E-state index contributed by atoms with van der Waals surface area (Å²) in [5.41, 5.74) is 2.34. The van der Waals surface area contributed by atoms with E-state index in [1.165, 1.54) is 6.26 Å². The van der Waals surface area contributed by atoms with E-state index in [1.807, 2.05) is 48.5 Å². The van der Waals surface area contributed by atoms with Gasteiger partial charge in [-0.25, -0.2) is 0 Å². The SMILES string of the molecule is COc1ccc(NC(=O)c2occc2CSc2ccccc2)cc1OCc1cccnc1. The second-order valence-corrected chi connectivity index (χ2v) is 7.90. The number of methoxy groups -OCH3 is 1. The molecule has 2 aromatic heterocycles. The highest BCUT2D eigenvalue weighted by atomic mass is 32.2. The van der Waals surface area contributed by atoms with Crippen LogP contribution in [0.4, 0.5) is 5.69 Å². The summed E-state index contributed by atoms with van der Waals surface area (Å²) in [7, 11) is 1.57. The summed E-state index contributed by atoms with van der Waals surface area (Å²) in [4.78, 5) is 18.1. The van der Waals surface area contributed by atoms with Crippen molar-refractivity contribution in [3.05, 3.63) is 102 Å². The normalized spacial score (nSPS) is 10.5. The van der Waals surface area contributed by atoms with Gasteiger partial charge in [-0.15, -0.1) is 11.8 Å². The summed E-state index contributed by atoms with van der Waals surface area (Å²) in [5.74, 6) is 1.70. The van der Waals surface area contributed by atoms with E-state index >= 15 is 0 Å². The molecule has 7 heteroatoms. The minimum absolute atomic E-state index is 0.294. The first-order valence-electron chi connectivity index (χ1n) is 9.98. The zero-order valence-corrected chi connectivity index (χ0v) is 18.3. The summed E-state index contributed by atoms with van der Waals surface area (Å²) in [6.07, 6.45) is 4.98. The Morgan fingerprint density at radius 2 is 1.94 bits per heavy atom. The Hall–Kier alpha value is -3.71. The standard InChI is InChI=1S/C25H22N2O4S/c1-29-22-10-9-20(14-23(22)31-16-18-6-5-12-26-15-18)27-25(28)24-19(11-13-30-24)17-32-21-7-3-2-4-8-21/h2-15H,16-17H2,1H3,(H,27,28). The molecular formula is C25H22N2O4S. The molecule has 162 valence electrons. The van der Waals surface area contributed by atoms with Crippen molar-refractivity contribution < 1.29 is 18.7 Å². The molecule has 1 amide bonds. The Labute approximate surface area is 190 Å². The maximum Gasteiger partial charge on any atom is 0.291 e. The molecule has 0 fully saturated rings. The van der Waals surface area contributed by atoms with E-state index in [-0.39, 0.29) is 5.91 Å².